The van der Waals surface area contributed by atoms with Gasteiger partial charge in [-0.2, -0.15) is 0 Å². The van der Waals surface area contributed by atoms with Crippen LogP contribution in [0.1, 0.15) is 111 Å². The monoisotopic (exact) mass is 692 g/mol. The Labute approximate surface area is 279 Å². The Bertz CT molecular complexity index is 943. The molecule has 0 bridgehead atoms. The van der Waals surface area contributed by atoms with Gasteiger partial charge in [-0.3, -0.25) is 19.2 Å². The quantitative estimate of drug-likeness (QED) is 0.0587. The number of nitrogens with two attached hydrogens (primary N) is 2. The second kappa shape index (κ2) is 20.8. The maximum atomic E-state index is 13.0. The van der Waals surface area contributed by atoms with Crippen LogP contribution < -0.4 is 16.8 Å². The zero-order chi connectivity index (χ0) is 32.5. The average Bonchev–Trinajstić information content (AvgIpc) is 3.85. The number of nitrogens with one attached hydrogen (secondary N) is 1. The van der Waals surface area contributed by atoms with Crippen molar-refractivity contribution in [3.05, 3.63) is 0 Å². The van der Waals surface area contributed by atoms with Crippen molar-refractivity contribution < 1.29 is 28.7 Å². The van der Waals surface area contributed by atoms with E-state index in [1.165, 1.54) is 0 Å². The number of nitrogens with zero attached hydrogens (tertiary/aromatic N) is 1. The van der Waals surface area contributed by atoms with E-state index in [1.807, 2.05) is 0 Å². The molecule has 2 aliphatic rings. The van der Waals surface area contributed by atoms with Gasteiger partial charge in [0.05, 0.1) is 15.7 Å². The zero-order valence-electron chi connectivity index (χ0n) is 26.5. The minimum Gasteiger partial charge on any atom is -0.444 e. The molecule has 10 nitrogen and oxygen atoms in total. The Morgan fingerprint density at radius 3 is 1.75 bits per heavy atom. The minimum absolute atomic E-state index is 0.0140. The zero-order valence-corrected chi connectivity index (χ0v) is 29.8. The summed E-state index contributed by atoms with van der Waals surface area (Å²) < 4.78 is 6.24. The Hall–Kier alpha value is -1.25. The normalized spacial score (nSPS) is 16.2. The second-order valence-electron chi connectivity index (χ2n) is 12.6. The van der Waals surface area contributed by atoms with Crippen LogP contribution in [0.4, 0.5) is 4.79 Å². The number of amides is 4. The molecule has 4 amide bonds. The summed E-state index contributed by atoms with van der Waals surface area (Å²) in [4.78, 5) is 62.8. The lowest BCUT2D eigenvalue weighted by Crippen LogP contribution is -2.39. The Morgan fingerprint density at radius 1 is 0.750 bits per heavy atom. The first-order valence-electron chi connectivity index (χ1n) is 15.8. The summed E-state index contributed by atoms with van der Waals surface area (Å²) in [6.07, 6.45) is 10.2. The van der Waals surface area contributed by atoms with Gasteiger partial charge in [0, 0.05) is 37.8 Å². The van der Waals surface area contributed by atoms with Crippen molar-refractivity contribution in [2.75, 3.05) is 19.6 Å². The number of ether oxygens (including phenoxy) is 1. The molecule has 2 aliphatic heterocycles. The molecule has 0 aromatic heterocycles. The number of carbonyl (C=O) groups is 5. The van der Waals surface area contributed by atoms with Gasteiger partial charge in [-0.1, -0.05) is 81.7 Å². The summed E-state index contributed by atoms with van der Waals surface area (Å²) in [6, 6.07) is 0. The highest BCUT2D eigenvalue weighted by molar-refractivity contribution is 8.93. The van der Waals surface area contributed by atoms with E-state index in [9.17, 15) is 24.0 Å². The molecule has 2 rings (SSSR count). The van der Waals surface area contributed by atoms with Gasteiger partial charge in [-0.25, -0.2) is 4.79 Å². The summed E-state index contributed by atoms with van der Waals surface area (Å²) in [7, 11) is 7.17. The Balaban J connectivity index is 1.72. The van der Waals surface area contributed by atoms with Gasteiger partial charge in [-0.05, 0) is 59.3 Å². The number of primary amides is 2. The Kier molecular flexibility index (Phi) is 18.4. The molecule has 0 saturated carbocycles. The molecule has 252 valence electrons. The van der Waals surface area contributed by atoms with Crippen molar-refractivity contribution in [2.24, 2.45) is 23.3 Å². The van der Waals surface area contributed by atoms with E-state index < -0.39 is 11.7 Å². The first-order chi connectivity index (χ1) is 20.8. The molecule has 2 saturated heterocycles. The highest BCUT2D eigenvalue weighted by atomic mass is 33.2. The first kappa shape index (κ1) is 38.9. The van der Waals surface area contributed by atoms with Gasteiger partial charge in [-0.15, -0.1) is 0 Å². The third-order valence-corrected chi connectivity index (χ3v) is 11.9. The van der Waals surface area contributed by atoms with Crippen LogP contribution in [0.15, 0.2) is 0 Å². The molecule has 44 heavy (non-hydrogen) atoms. The van der Waals surface area contributed by atoms with Gasteiger partial charge < -0.3 is 26.4 Å². The van der Waals surface area contributed by atoms with Gasteiger partial charge in [0.15, 0.2) is 5.78 Å². The number of alkyl carbamates (subject to hydrolysis) is 1. The van der Waals surface area contributed by atoms with Gasteiger partial charge in [0.1, 0.15) is 5.60 Å². The summed E-state index contributed by atoms with van der Waals surface area (Å²) >= 11 is 0. The molecule has 0 unspecified atom stereocenters. The lowest BCUT2D eigenvalue weighted by Gasteiger charge is -2.23. The van der Waals surface area contributed by atoms with Gasteiger partial charge in [0.25, 0.3) is 0 Å². The highest BCUT2D eigenvalue weighted by Gasteiger charge is 2.31. The van der Waals surface area contributed by atoms with Crippen LogP contribution in [0.25, 0.3) is 0 Å². The molecule has 2 atom stereocenters. The SMILES string of the molecule is CC(C)(C)OC(=O)NCCC(=O)N(CCCCCCC[C@H](CC1SS1)C(N)=O)CC(=O)CCCCC[C@H](CC1SS1)C(N)=O. The van der Waals surface area contributed by atoms with Crippen molar-refractivity contribution >= 4 is 72.8 Å². The van der Waals surface area contributed by atoms with Crippen molar-refractivity contribution in [3.8, 4) is 0 Å². The fraction of sp³-hybridized carbons (Fsp3) is 0.833. The predicted octanol–water partition coefficient (Wildman–Crippen LogP) is 6.02. The van der Waals surface area contributed by atoms with Crippen LogP contribution in [0.2, 0.25) is 0 Å². The van der Waals surface area contributed by atoms with E-state index in [0.717, 1.165) is 70.6 Å². The van der Waals surface area contributed by atoms with Crippen LogP contribution >= 0.6 is 43.2 Å². The number of unbranched alkanes of at least 4 members (excludes halogenated alkanes) is 6. The van der Waals surface area contributed by atoms with Crippen LogP contribution in [-0.4, -0.2) is 68.9 Å². The molecule has 5 N–H and O–H groups in total. The average molecular weight is 693 g/mol. The van der Waals surface area contributed by atoms with E-state index >= 15 is 0 Å². The van der Waals surface area contributed by atoms with Crippen molar-refractivity contribution in [1.29, 1.82) is 0 Å². The van der Waals surface area contributed by atoms with Crippen LogP contribution in [0.5, 0.6) is 0 Å². The van der Waals surface area contributed by atoms with E-state index in [4.69, 9.17) is 16.2 Å². The third kappa shape index (κ3) is 19.3. The topological polar surface area (TPSA) is 162 Å². The van der Waals surface area contributed by atoms with Gasteiger partial charge >= 0.3 is 6.09 Å². The largest absolute Gasteiger partial charge is 0.444 e. The molecule has 14 heteroatoms. The van der Waals surface area contributed by atoms with Crippen molar-refractivity contribution in [1.82, 2.24) is 10.2 Å². The Morgan fingerprint density at radius 2 is 1.25 bits per heavy atom. The van der Waals surface area contributed by atoms with E-state index in [2.05, 4.69) is 5.32 Å². The number of Topliss-reactive ketones (excluding diaryl/α,β-unsaturated/α-hetero) is 1. The van der Waals surface area contributed by atoms with Crippen LogP contribution in [0, 0.1) is 11.8 Å². The van der Waals surface area contributed by atoms with Crippen LogP contribution in [0.3, 0.4) is 0 Å². The van der Waals surface area contributed by atoms with E-state index in [1.54, 1.807) is 68.8 Å². The molecule has 2 fully saturated rings. The number of carbonyl (C=O) groups excluding carboxylic acids is 5. The smallest absolute Gasteiger partial charge is 0.407 e. The molecular weight excluding hydrogens is 641 g/mol. The molecule has 0 aliphatic carbocycles. The number of hydrogen-bond acceptors (Lipinski definition) is 10. The number of rotatable bonds is 25. The predicted molar refractivity (Wildman–Crippen MR) is 184 cm³/mol. The maximum Gasteiger partial charge on any atom is 0.407 e. The summed E-state index contributed by atoms with van der Waals surface area (Å²) in [5.41, 5.74) is 10.5. The molecule has 0 aromatic rings. The summed E-state index contributed by atoms with van der Waals surface area (Å²) in [5, 5.41) is 2.62. The number of hydrogen-bond donors (Lipinski definition) is 3. The summed E-state index contributed by atoms with van der Waals surface area (Å²) in [6.45, 7) is 6.00. The highest BCUT2D eigenvalue weighted by Crippen LogP contribution is 2.57. The minimum atomic E-state index is -0.626. The van der Waals surface area contributed by atoms with Crippen molar-refractivity contribution in [2.45, 2.75) is 125 Å². The molecule has 0 radical (unpaired) electrons. The standard InChI is InChI=1S/C30H52N4O6S4/c1-30(2,3)40-29(39)33-16-15-24(36)34(17-11-6-4-5-8-12-21(27(31)37)18-25-41-42-25)20-23(35)14-10-7-9-13-22(28(32)38)19-26-43-44-26/h21-22,25-26H,4-20H2,1-3H3,(H2,31,37)(H2,32,38)(H,33,39)/t21-,22-/m1/s1. The lowest BCUT2D eigenvalue weighted by atomic mass is 9.97. The maximum absolute atomic E-state index is 13.0. The van der Waals surface area contributed by atoms with Crippen molar-refractivity contribution in [3.63, 3.8) is 0 Å². The third-order valence-electron chi connectivity index (χ3n) is 7.44. The molecule has 0 aromatic carbocycles. The fourth-order valence-electron chi connectivity index (χ4n) is 4.89. The van der Waals surface area contributed by atoms with E-state index in [0.29, 0.717) is 28.6 Å². The summed E-state index contributed by atoms with van der Waals surface area (Å²) in [5.74, 6) is -0.770. The molecular formula is C30H52N4O6S4. The fourth-order valence-corrected chi connectivity index (χ4v) is 7.71. The second-order valence-corrected chi connectivity index (χ2v) is 18.6. The molecule has 0 spiro atoms. The number of ketones is 1. The van der Waals surface area contributed by atoms with Gasteiger partial charge in [0.2, 0.25) is 17.7 Å². The molecule has 2 heterocycles. The first-order valence-corrected chi connectivity index (χ1v) is 20.4. The van der Waals surface area contributed by atoms with Crippen LogP contribution in [-0.2, 0) is 23.9 Å². The lowest BCUT2D eigenvalue weighted by molar-refractivity contribution is -0.135. The van der Waals surface area contributed by atoms with E-state index in [-0.39, 0.29) is 54.9 Å².